The predicted molar refractivity (Wildman–Crippen MR) is 121 cm³/mol. The maximum Gasteiger partial charge on any atom is 0.258 e. The molecule has 0 aliphatic rings. The lowest BCUT2D eigenvalue weighted by molar-refractivity contribution is 0.0989. The van der Waals surface area contributed by atoms with Crippen molar-refractivity contribution in [3.05, 3.63) is 106 Å². The van der Waals surface area contributed by atoms with Crippen LogP contribution >= 0.6 is 0 Å². The molecule has 0 N–H and O–H groups in total. The van der Waals surface area contributed by atoms with Crippen LogP contribution in [0.4, 0.5) is 10.1 Å². The minimum Gasteiger partial charge on any atom is -0.342 e. The maximum atomic E-state index is 15.1. The first-order valence-electron chi connectivity index (χ1n) is 9.96. The summed E-state index contributed by atoms with van der Waals surface area (Å²) in [5.41, 5.74) is 1.12. The monoisotopic (exact) mass is 429 g/mol. The van der Waals surface area contributed by atoms with Gasteiger partial charge in [0.1, 0.15) is 5.82 Å². The van der Waals surface area contributed by atoms with Gasteiger partial charge in [0.2, 0.25) is 0 Å². The van der Waals surface area contributed by atoms with Crippen molar-refractivity contribution in [1.29, 1.82) is 0 Å². The van der Waals surface area contributed by atoms with Gasteiger partial charge in [-0.1, -0.05) is 24.3 Å². The molecule has 4 rings (SSSR count). The molecule has 2 aromatic carbocycles. The van der Waals surface area contributed by atoms with Crippen LogP contribution in [0.25, 0.3) is 10.9 Å². The summed E-state index contributed by atoms with van der Waals surface area (Å²) in [6, 6.07) is 14.7. The molecule has 6 nitrogen and oxygen atoms in total. The van der Waals surface area contributed by atoms with Crippen LogP contribution in [0.2, 0.25) is 0 Å². The number of Topliss-reactive ketones (excluding diaryl/α,β-unsaturated/α-hetero) is 1. The van der Waals surface area contributed by atoms with Crippen molar-refractivity contribution in [3.63, 3.8) is 0 Å². The molecule has 160 valence electrons. The average Bonchev–Trinajstić information content (AvgIpc) is 2.80. The van der Waals surface area contributed by atoms with Gasteiger partial charge >= 0.3 is 0 Å². The van der Waals surface area contributed by atoms with Crippen molar-refractivity contribution < 1.29 is 14.0 Å². The molecule has 0 spiro atoms. The second-order valence-electron chi connectivity index (χ2n) is 7.47. The van der Waals surface area contributed by atoms with Gasteiger partial charge in [-0.25, -0.2) is 4.39 Å². The largest absolute Gasteiger partial charge is 0.342 e. The van der Waals surface area contributed by atoms with E-state index in [9.17, 15) is 14.4 Å². The van der Waals surface area contributed by atoms with E-state index in [0.717, 1.165) is 11.6 Å². The van der Waals surface area contributed by atoms with Gasteiger partial charge < -0.3 is 9.47 Å². The van der Waals surface area contributed by atoms with E-state index in [1.807, 2.05) is 6.07 Å². The number of halogens is 1. The van der Waals surface area contributed by atoms with E-state index in [1.165, 1.54) is 31.1 Å². The topological polar surface area (TPSA) is 72.3 Å². The summed E-state index contributed by atoms with van der Waals surface area (Å²) in [7, 11) is 1.48. The number of aromatic nitrogens is 2. The molecule has 0 saturated heterocycles. The number of hydrogen-bond donors (Lipinski definition) is 0. The van der Waals surface area contributed by atoms with Crippen molar-refractivity contribution in [2.45, 2.75) is 13.5 Å². The van der Waals surface area contributed by atoms with Gasteiger partial charge in [-0.3, -0.25) is 19.4 Å². The minimum atomic E-state index is -0.727. The number of amides is 1. The fourth-order valence-corrected chi connectivity index (χ4v) is 3.61. The highest BCUT2D eigenvalue weighted by atomic mass is 19.1. The first kappa shape index (κ1) is 21.1. The Balaban J connectivity index is 1.90. The third-order valence-corrected chi connectivity index (χ3v) is 5.29. The molecule has 0 saturated carbocycles. The fourth-order valence-electron chi connectivity index (χ4n) is 3.61. The number of ketones is 1. The van der Waals surface area contributed by atoms with E-state index in [0.29, 0.717) is 17.6 Å². The van der Waals surface area contributed by atoms with Gasteiger partial charge in [0.15, 0.2) is 11.2 Å². The predicted octanol–water partition coefficient (Wildman–Crippen LogP) is 4.06. The Hall–Kier alpha value is -4.13. The molecule has 0 fully saturated rings. The Morgan fingerprint density at radius 2 is 1.84 bits per heavy atom. The van der Waals surface area contributed by atoms with Crippen LogP contribution in [0.3, 0.4) is 0 Å². The van der Waals surface area contributed by atoms with Gasteiger partial charge in [0, 0.05) is 43.1 Å². The van der Waals surface area contributed by atoms with Crippen molar-refractivity contribution in [1.82, 2.24) is 9.55 Å². The van der Waals surface area contributed by atoms with E-state index in [2.05, 4.69) is 4.98 Å². The van der Waals surface area contributed by atoms with Crippen LogP contribution in [0.15, 0.2) is 78.0 Å². The standard InChI is InChI=1S/C25H20FN3O3/c1-16(30)20-15-29(14-17-7-6-10-27-13-17)22-12-23(21(26)11-19(22)24(20)31)28(2)25(32)18-8-4-3-5-9-18/h3-13,15H,14H2,1-2H3. The second-order valence-corrected chi connectivity index (χ2v) is 7.47. The first-order chi connectivity index (χ1) is 15.4. The molecule has 7 heteroatoms. The summed E-state index contributed by atoms with van der Waals surface area (Å²) in [4.78, 5) is 43.1. The lowest BCUT2D eigenvalue weighted by atomic mass is 10.1. The lowest BCUT2D eigenvalue weighted by Gasteiger charge is -2.20. The summed E-state index contributed by atoms with van der Waals surface area (Å²) in [5.74, 6) is -1.52. The quantitative estimate of drug-likeness (QED) is 0.449. The van der Waals surface area contributed by atoms with Gasteiger partial charge in [0.25, 0.3) is 5.91 Å². The van der Waals surface area contributed by atoms with Gasteiger partial charge in [-0.05, 0) is 42.8 Å². The zero-order chi connectivity index (χ0) is 22.8. The van der Waals surface area contributed by atoms with Crippen LogP contribution in [-0.4, -0.2) is 28.3 Å². The van der Waals surface area contributed by atoms with E-state index >= 15 is 4.39 Å². The number of carbonyl (C=O) groups is 2. The Morgan fingerprint density at radius 3 is 2.50 bits per heavy atom. The Morgan fingerprint density at radius 1 is 1.09 bits per heavy atom. The highest BCUT2D eigenvalue weighted by Gasteiger charge is 2.21. The number of hydrogen-bond acceptors (Lipinski definition) is 4. The van der Waals surface area contributed by atoms with Crippen molar-refractivity contribution in [3.8, 4) is 0 Å². The minimum absolute atomic E-state index is 0.0257. The summed E-state index contributed by atoms with van der Waals surface area (Å²) in [6.07, 6.45) is 4.79. The molecule has 0 unspecified atom stereocenters. The molecule has 32 heavy (non-hydrogen) atoms. The highest BCUT2D eigenvalue weighted by Crippen LogP contribution is 2.26. The van der Waals surface area contributed by atoms with Crippen LogP contribution in [0, 0.1) is 5.82 Å². The molecule has 4 aromatic rings. The van der Waals surface area contributed by atoms with Crippen molar-refractivity contribution >= 4 is 28.3 Å². The van der Waals surface area contributed by atoms with Gasteiger partial charge in [-0.15, -0.1) is 0 Å². The SMILES string of the molecule is CC(=O)c1cn(Cc2cccnc2)c2cc(N(C)C(=O)c3ccccc3)c(F)cc2c1=O. The molecular formula is C25H20FN3O3. The lowest BCUT2D eigenvalue weighted by Crippen LogP contribution is -2.27. The van der Waals surface area contributed by atoms with E-state index in [-0.39, 0.29) is 22.5 Å². The third kappa shape index (κ3) is 3.92. The number of carbonyl (C=O) groups excluding carboxylic acids is 2. The molecular weight excluding hydrogens is 409 g/mol. The zero-order valence-electron chi connectivity index (χ0n) is 17.6. The van der Waals surface area contributed by atoms with Gasteiger partial charge in [0.05, 0.1) is 16.8 Å². The number of benzene rings is 2. The molecule has 0 bridgehead atoms. The Labute approximate surface area is 183 Å². The average molecular weight is 429 g/mol. The fraction of sp³-hybridized carbons (Fsp3) is 0.120. The molecule has 2 heterocycles. The molecule has 0 aliphatic carbocycles. The molecule has 0 aliphatic heterocycles. The van der Waals surface area contributed by atoms with Gasteiger partial charge in [-0.2, -0.15) is 0 Å². The molecule has 0 atom stereocenters. The molecule has 1 amide bonds. The molecule has 2 aromatic heterocycles. The summed E-state index contributed by atoms with van der Waals surface area (Å²) in [5, 5.41) is 0.0726. The van der Waals surface area contributed by atoms with Crippen LogP contribution in [-0.2, 0) is 6.54 Å². The normalized spacial score (nSPS) is 10.8. The smallest absolute Gasteiger partial charge is 0.258 e. The number of pyridine rings is 2. The van der Waals surface area contributed by atoms with Crippen molar-refractivity contribution in [2.24, 2.45) is 0 Å². The third-order valence-electron chi connectivity index (χ3n) is 5.29. The van der Waals surface area contributed by atoms with Crippen LogP contribution in [0.5, 0.6) is 0 Å². The number of fused-ring (bicyclic) bond motifs is 1. The number of rotatable bonds is 5. The number of anilines is 1. The van der Waals surface area contributed by atoms with Crippen LogP contribution < -0.4 is 10.3 Å². The Kier molecular flexibility index (Phi) is 5.64. The maximum absolute atomic E-state index is 15.1. The zero-order valence-corrected chi connectivity index (χ0v) is 17.6. The highest BCUT2D eigenvalue weighted by molar-refractivity contribution is 6.06. The van der Waals surface area contributed by atoms with E-state index in [4.69, 9.17) is 0 Å². The number of nitrogens with zero attached hydrogens (tertiary/aromatic N) is 3. The molecule has 0 radical (unpaired) electrons. The van der Waals surface area contributed by atoms with E-state index in [1.54, 1.807) is 53.4 Å². The van der Waals surface area contributed by atoms with Crippen molar-refractivity contribution in [2.75, 3.05) is 11.9 Å². The van der Waals surface area contributed by atoms with Crippen LogP contribution in [0.1, 0.15) is 33.2 Å². The summed E-state index contributed by atoms with van der Waals surface area (Å²) in [6.45, 7) is 1.61. The van der Waals surface area contributed by atoms with E-state index < -0.39 is 17.0 Å². The Bertz CT molecular complexity index is 1380. The first-order valence-corrected chi connectivity index (χ1v) is 9.96. The summed E-state index contributed by atoms with van der Waals surface area (Å²) < 4.78 is 16.8. The summed E-state index contributed by atoms with van der Waals surface area (Å²) >= 11 is 0. The second kappa shape index (κ2) is 8.55.